The van der Waals surface area contributed by atoms with Gasteiger partial charge in [-0.3, -0.25) is 4.90 Å². The summed E-state index contributed by atoms with van der Waals surface area (Å²) >= 11 is 6.06. The van der Waals surface area contributed by atoms with Crippen molar-refractivity contribution in [3.05, 3.63) is 34.6 Å². The van der Waals surface area contributed by atoms with Gasteiger partial charge in [-0.15, -0.1) is 0 Å². The number of rotatable bonds is 3. The van der Waals surface area contributed by atoms with Gasteiger partial charge >= 0.3 is 0 Å². The summed E-state index contributed by atoms with van der Waals surface area (Å²) in [4.78, 5) is 2.31. The predicted octanol–water partition coefficient (Wildman–Crippen LogP) is 2.66. The highest BCUT2D eigenvalue weighted by molar-refractivity contribution is 6.31. The van der Waals surface area contributed by atoms with Gasteiger partial charge in [0.25, 0.3) is 0 Å². The molecule has 17 heavy (non-hydrogen) atoms. The van der Waals surface area contributed by atoms with E-state index in [1.54, 1.807) is 12.1 Å². The van der Waals surface area contributed by atoms with Crippen LogP contribution in [0.4, 0.5) is 4.39 Å². The van der Waals surface area contributed by atoms with Gasteiger partial charge < -0.3 is 5.32 Å². The molecule has 0 aromatic heterocycles. The van der Waals surface area contributed by atoms with Crippen LogP contribution in [0.3, 0.4) is 0 Å². The third-order valence-corrected chi connectivity index (χ3v) is 3.72. The van der Waals surface area contributed by atoms with Gasteiger partial charge in [0.05, 0.1) is 0 Å². The summed E-state index contributed by atoms with van der Waals surface area (Å²) in [6.45, 7) is 5.65. The van der Waals surface area contributed by atoms with Crippen molar-refractivity contribution >= 4 is 11.6 Å². The number of nitrogens with zero attached hydrogens (tertiary/aromatic N) is 1. The van der Waals surface area contributed by atoms with E-state index in [0.29, 0.717) is 23.2 Å². The molecule has 2 nitrogen and oxygen atoms in total. The van der Waals surface area contributed by atoms with E-state index in [1.807, 2.05) is 0 Å². The Bertz CT molecular complexity index is 363. The number of hydrogen-bond acceptors (Lipinski definition) is 2. The Kier molecular flexibility index (Phi) is 4.37. The lowest BCUT2D eigenvalue weighted by atomic mass is 10.1. The number of nitrogens with one attached hydrogen (secondary N) is 1. The maximum absolute atomic E-state index is 13.7. The zero-order valence-corrected chi connectivity index (χ0v) is 10.8. The zero-order valence-electron chi connectivity index (χ0n) is 10.0. The van der Waals surface area contributed by atoms with Crippen LogP contribution in [0.1, 0.15) is 18.9 Å². The third-order valence-electron chi connectivity index (χ3n) is 3.37. The van der Waals surface area contributed by atoms with Gasteiger partial charge in [0, 0.05) is 42.8 Å². The SMILES string of the molecule is CCC1CNCCN1Cc1c(F)cccc1Cl. The van der Waals surface area contributed by atoms with Gasteiger partial charge in [0.2, 0.25) is 0 Å². The summed E-state index contributed by atoms with van der Waals surface area (Å²) < 4.78 is 13.7. The molecule has 1 fully saturated rings. The largest absolute Gasteiger partial charge is 0.314 e. The Balaban J connectivity index is 2.13. The molecule has 1 aliphatic heterocycles. The molecular weight excluding hydrogens is 239 g/mol. The van der Waals surface area contributed by atoms with Crippen LogP contribution in [0.2, 0.25) is 5.02 Å². The summed E-state index contributed by atoms with van der Waals surface area (Å²) in [6.07, 6.45) is 1.07. The van der Waals surface area contributed by atoms with E-state index >= 15 is 0 Å². The van der Waals surface area contributed by atoms with Crippen LogP contribution in [-0.2, 0) is 6.54 Å². The zero-order chi connectivity index (χ0) is 12.3. The van der Waals surface area contributed by atoms with E-state index < -0.39 is 0 Å². The van der Waals surface area contributed by atoms with Gasteiger partial charge in [-0.05, 0) is 18.6 Å². The van der Waals surface area contributed by atoms with Crippen molar-refractivity contribution < 1.29 is 4.39 Å². The molecule has 0 bridgehead atoms. The molecule has 4 heteroatoms. The van der Waals surface area contributed by atoms with Crippen LogP contribution >= 0.6 is 11.6 Å². The van der Waals surface area contributed by atoms with Crippen molar-refractivity contribution in [2.45, 2.75) is 25.9 Å². The molecule has 1 aliphatic rings. The van der Waals surface area contributed by atoms with Crippen LogP contribution in [-0.4, -0.2) is 30.6 Å². The standard InChI is InChI=1S/C13H18ClFN2/c1-2-10-8-16-6-7-17(10)9-11-12(14)4-3-5-13(11)15/h3-5,10,16H,2,6-9H2,1H3. The minimum atomic E-state index is -0.203. The summed E-state index contributed by atoms with van der Waals surface area (Å²) in [6, 6.07) is 5.35. The van der Waals surface area contributed by atoms with Crippen LogP contribution in [0.5, 0.6) is 0 Å². The Hall–Kier alpha value is -0.640. The molecule has 1 aromatic rings. The highest BCUT2D eigenvalue weighted by Crippen LogP contribution is 2.22. The summed E-state index contributed by atoms with van der Waals surface area (Å²) in [5.41, 5.74) is 0.620. The fourth-order valence-corrected chi connectivity index (χ4v) is 2.52. The first-order valence-corrected chi connectivity index (χ1v) is 6.47. The normalized spacial score (nSPS) is 21.7. The van der Waals surface area contributed by atoms with Crippen LogP contribution in [0, 0.1) is 5.82 Å². The van der Waals surface area contributed by atoms with Crippen LogP contribution < -0.4 is 5.32 Å². The van der Waals surface area contributed by atoms with E-state index in [0.717, 1.165) is 26.1 Å². The van der Waals surface area contributed by atoms with Crippen molar-refractivity contribution in [3.63, 3.8) is 0 Å². The Morgan fingerprint density at radius 1 is 1.53 bits per heavy atom. The number of benzene rings is 1. The maximum Gasteiger partial charge on any atom is 0.129 e. The molecule has 0 aliphatic carbocycles. The second kappa shape index (κ2) is 5.80. The van der Waals surface area contributed by atoms with E-state index in [1.165, 1.54) is 6.07 Å². The second-order valence-corrected chi connectivity index (χ2v) is 4.84. The van der Waals surface area contributed by atoms with E-state index in [2.05, 4.69) is 17.1 Å². The van der Waals surface area contributed by atoms with Crippen molar-refractivity contribution in [1.29, 1.82) is 0 Å². The maximum atomic E-state index is 13.7. The fourth-order valence-electron chi connectivity index (χ4n) is 2.30. The molecule has 94 valence electrons. The Morgan fingerprint density at radius 2 is 2.35 bits per heavy atom. The van der Waals surface area contributed by atoms with E-state index in [-0.39, 0.29) is 5.82 Å². The van der Waals surface area contributed by atoms with E-state index in [9.17, 15) is 4.39 Å². The first-order valence-electron chi connectivity index (χ1n) is 6.10. The van der Waals surface area contributed by atoms with E-state index in [4.69, 9.17) is 11.6 Å². The number of hydrogen-bond donors (Lipinski definition) is 1. The minimum absolute atomic E-state index is 0.203. The fraction of sp³-hybridized carbons (Fsp3) is 0.538. The van der Waals surface area contributed by atoms with Crippen molar-refractivity contribution in [3.8, 4) is 0 Å². The van der Waals surface area contributed by atoms with Crippen molar-refractivity contribution in [1.82, 2.24) is 10.2 Å². The van der Waals surface area contributed by atoms with Gasteiger partial charge in [-0.2, -0.15) is 0 Å². The predicted molar refractivity (Wildman–Crippen MR) is 68.8 cm³/mol. The van der Waals surface area contributed by atoms with Crippen molar-refractivity contribution in [2.75, 3.05) is 19.6 Å². The molecule has 0 saturated carbocycles. The van der Waals surface area contributed by atoms with Crippen LogP contribution in [0.15, 0.2) is 18.2 Å². The topological polar surface area (TPSA) is 15.3 Å². The van der Waals surface area contributed by atoms with Gasteiger partial charge in [-0.25, -0.2) is 4.39 Å². The second-order valence-electron chi connectivity index (χ2n) is 4.44. The average molecular weight is 257 g/mol. The first-order chi connectivity index (χ1) is 8.22. The molecule has 1 aromatic carbocycles. The monoisotopic (exact) mass is 256 g/mol. The lowest BCUT2D eigenvalue weighted by Gasteiger charge is -2.35. The average Bonchev–Trinajstić information content (AvgIpc) is 2.34. The van der Waals surface area contributed by atoms with Gasteiger partial charge in [0.15, 0.2) is 0 Å². The quantitative estimate of drug-likeness (QED) is 0.895. The molecule has 1 N–H and O–H groups in total. The summed E-state index contributed by atoms with van der Waals surface area (Å²) in [5, 5.41) is 3.89. The molecule has 1 saturated heterocycles. The first kappa shape index (κ1) is 12.8. The molecular formula is C13H18ClFN2. The highest BCUT2D eigenvalue weighted by atomic mass is 35.5. The van der Waals surface area contributed by atoms with Gasteiger partial charge in [0.1, 0.15) is 5.82 Å². The molecule has 0 spiro atoms. The number of halogens is 2. The lowest BCUT2D eigenvalue weighted by Crippen LogP contribution is -2.50. The minimum Gasteiger partial charge on any atom is -0.314 e. The third kappa shape index (κ3) is 2.97. The molecule has 1 heterocycles. The summed E-state index contributed by atoms with van der Waals surface area (Å²) in [7, 11) is 0. The molecule has 0 amide bonds. The molecule has 1 atom stereocenters. The smallest absolute Gasteiger partial charge is 0.129 e. The summed E-state index contributed by atoms with van der Waals surface area (Å²) in [5.74, 6) is -0.203. The Morgan fingerprint density at radius 3 is 3.06 bits per heavy atom. The van der Waals surface area contributed by atoms with Crippen molar-refractivity contribution in [2.24, 2.45) is 0 Å². The molecule has 1 unspecified atom stereocenters. The highest BCUT2D eigenvalue weighted by Gasteiger charge is 2.22. The Labute approximate surface area is 107 Å². The van der Waals surface area contributed by atoms with Crippen LogP contribution in [0.25, 0.3) is 0 Å². The lowest BCUT2D eigenvalue weighted by molar-refractivity contribution is 0.147. The molecule has 0 radical (unpaired) electrons. The number of piperazine rings is 1. The van der Waals surface area contributed by atoms with Gasteiger partial charge in [-0.1, -0.05) is 24.6 Å². The molecule has 2 rings (SSSR count).